The number of methoxy groups -OCH3 is 2. The van der Waals surface area contributed by atoms with Gasteiger partial charge in [0.05, 0.1) is 36.7 Å². The highest BCUT2D eigenvalue weighted by Crippen LogP contribution is 2.20. The van der Waals surface area contributed by atoms with Crippen LogP contribution in [0.2, 0.25) is 0 Å². The Morgan fingerprint density at radius 3 is 2.25 bits per heavy atom. The highest BCUT2D eigenvalue weighted by atomic mass is 16.5. The molecule has 0 aliphatic rings. The lowest BCUT2D eigenvalue weighted by molar-refractivity contribution is 0.0587. The van der Waals surface area contributed by atoms with Gasteiger partial charge in [0.1, 0.15) is 0 Å². The lowest BCUT2D eigenvalue weighted by Gasteiger charge is -2.11. The largest absolute Gasteiger partial charge is 0.465 e. The zero-order chi connectivity index (χ0) is 17.7. The number of carbonyl (C=O) groups excluding carboxylic acids is 3. The molecule has 0 radical (unpaired) electrons. The minimum atomic E-state index is -0.656. The number of carbonyl (C=O) groups is 3. The van der Waals surface area contributed by atoms with Crippen molar-refractivity contribution in [3.8, 4) is 0 Å². The summed E-state index contributed by atoms with van der Waals surface area (Å²) in [6.45, 7) is 1.74. The van der Waals surface area contributed by atoms with Crippen molar-refractivity contribution in [3.63, 3.8) is 0 Å². The molecular formula is C16H15N3O5. The average Bonchev–Trinajstić information content (AvgIpc) is 2.60. The van der Waals surface area contributed by atoms with E-state index in [4.69, 9.17) is 0 Å². The molecule has 0 bridgehead atoms. The van der Waals surface area contributed by atoms with Crippen molar-refractivity contribution < 1.29 is 23.9 Å². The van der Waals surface area contributed by atoms with E-state index in [1.165, 1.54) is 38.5 Å². The smallest absolute Gasteiger partial charge is 0.339 e. The fraction of sp³-hybridized carbons (Fsp3) is 0.188. The molecule has 1 heterocycles. The number of rotatable bonds is 4. The zero-order valence-electron chi connectivity index (χ0n) is 13.3. The van der Waals surface area contributed by atoms with Crippen molar-refractivity contribution in [1.29, 1.82) is 0 Å². The van der Waals surface area contributed by atoms with Gasteiger partial charge in [0.15, 0.2) is 5.69 Å². The molecule has 0 unspecified atom stereocenters. The molecule has 8 heteroatoms. The third kappa shape index (κ3) is 3.72. The van der Waals surface area contributed by atoms with E-state index >= 15 is 0 Å². The van der Waals surface area contributed by atoms with E-state index in [2.05, 4.69) is 25.0 Å². The summed E-state index contributed by atoms with van der Waals surface area (Å²) < 4.78 is 9.30. The quantitative estimate of drug-likeness (QED) is 0.849. The lowest BCUT2D eigenvalue weighted by atomic mass is 10.1. The van der Waals surface area contributed by atoms with Gasteiger partial charge in [-0.05, 0) is 37.3 Å². The number of hydrogen-bond donors (Lipinski definition) is 1. The molecule has 1 aromatic heterocycles. The van der Waals surface area contributed by atoms with Gasteiger partial charge in [-0.1, -0.05) is 0 Å². The minimum absolute atomic E-state index is 0.0693. The van der Waals surface area contributed by atoms with Crippen LogP contribution in [0.3, 0.4) is 0 Å². The predicted octanol–water partition coefficient (Wildman–Crippen LogP) is 1.61. The summed E-state index contributed by atoms with van der Waals surface area (Å²) in [5.41, 5.74) is 1.11. The van der Waals surface area contributed by atoms with Gasteiger partial charge < -0.3 is 14.8 Å². The van der Waals surface area contributed by atoms with Crippen LogP contribution in [0.25, 0.3) is 0 Å². The number of aromatic nitrogens is 2. The fourth-order valence-corrected chi connectivity index (χ4v) is 1.89. The van der Waals surface area contributed by atoms with Crippen molar-refractivity contribution in [1.82, 2.24) is 10.2 Å². The van der Waals surface area contributed by atoms with Crippen LogP contribution in [0.5, 0.6) is 0 Å². The van der Waals surface area contributed by atoms with E-state index in [-0.39, 0.29) is 22.5 Å². The van der Waals surface area contributed by atoms with Crippen LogP contribution >= 0.6 is 0 Å². The molecule has 124 valence electrons. The first-order valence-corrected chi connectivity index (χ1v) is 6.88. The summed E-state index contributed by atoms with van der Waals surface area (Å²) in [4.78, 5) is 35.7. The van der Waals surface area contributed by atoms with E-state index in [9.17, 15) is 14.4 Å². The number of amides is 1. The van der Waals surface area contributed by atoms with Crippen molar-refractivity contribution in [2.24, 2.45) is 0 Å². The Kier molecular flexibility index (Phi) is 5.20. The van der Waals surface area contributed by atoms with Crippen molar-refractivity contribution in [2.45, 2.75) is 6.92 Å². The Morgan fingerprint density at radius 1 is 0.958 bits per heavy atom. The highest BCUT2D eigenvalue weighted by Gasteiger charge is 2.18. The molecule has 8 nitrogen and oxygen atoms in total. The summed E-state index contributed by atoms with van der Waals surface area (Å²) in [7, 11) is 2.45. The van der Waals surface area contributed by atoms with Gasteiger partial charge >= 0.3 is 11.9 Å². The zero-order valence-corrected chi connectivity index (χ0v) is 13.3. The number of benzene rings is 1. The lowest BCUT2D eigenvalue weighted by Crippen LogP contribution is -2.18. The molecule has 24 heavy (non-hydrogen) atoms. The van der Waals surface area contributed by atoms with Crippen LogP contribution < -0.4 is 5.32 Å². The van der Waals surface area contributed by atoms with Crippen molar-refractivity contribution >= 4 is 23.5 Å². The number of ether oxygens (including phenoxy) is 2. The molecule has 0 saturated heterocycles. The van der Waals surface area contributed by atoms with Gasteiger partial charge in [0.2, 0.25) is 0 Å². The van der Waals surface area contributed by atoms with Gasteiger partial charge in [0, 0.05) is 0 Å². The molecule has 1 amide bonds. The molecule has 0 fully saturated rings. The van der Waals surface area contributed by atoms with E-state index in [1.54, 1.807) is 13.0 Å². The van der Waals surface area contributed by atoms with Gasteiger partial charge in [0.25, 0.3) is 5.91 Å². The van der Waals surface area contributed by atoms with Gasteiger partial charge in [-0.3, -0.25) is 4.79 Å². The van der Waals surface area contributed by atoms with Gasteiger partial charge in [-0.25, -0.2) is 9.59 Å². The molecule has 2 rings (SSSR count). The van der Waals surface area contributed by atoms with Crippen LogP contribution in [0.1, 0.15) is 36.9 Å². The Hall–Kier alpha value is -3.29. The normalized spacial score (nSPS) is 9.96. The standard InChI is InChI=1S/C16H15N3O5/c1-9-4-7-12(19-18-9)14(20)17-13-8-10(15(21)23-2)5-6-11(13)16(22)24-3/h4-8H,1-3H3,(H,17,20). The summed E-state index contributed by atoms with van der Waals surface area (Å²) in [5.74, 6) is -1.83. The Bertz CT molecular complexity index is 787. The number of esters is 2. The van der Waals surface area contributed by atoms with E-state index in [0.717, 1.165) is 0 Å². The van der Waals surface area contributed by atoms with Crippen LogP contribution in [0, 0.1) is 6.92 Å². The molecule has 0 aliphatic heterocycles. The number of anilines is 1. The van der Waals surface area contributed by atoms with Crippen LogP contribution in [-0.4, -0.2) is 42.3 Å². The Labute approximate surface area is 137 Å². The molecule has 0 spiro atoms. The minimum Gasteiger partial charge on any atom is -0.465 e. The first-order valence-electron chi connectivity index (χ1n) is 6.88. The van der Waals surface area contributed by atoms with Crippen LogP contribution in [-0.2, 0) is 9.47 Å². The third-order valence-corrected chi connectivity index (χ3v) is 3.12. The van der Waals surface area contributed by atoms with Crippen LogP contribution in [0.4, 0.5) is 5.69 Å². The second-order valence-electron chi connectivity index (χ2n) is 4.76. The summed E-state index contributed by atoms with van der Waals surface area (Å²) >= 11 is 0. The maximum atomic E-state index is 12.3. The molecule has 2 aromatic rings. The summed E-state index contributed by atoms with van der Waals surface area (Å²) in [5, 5.41) is 10.1. The second kappa shape index (κ2) is 7.32. The van der Waals surface area contributed by atoms with Crippen molar-refractivity contribution in [3.05, 3.63) is 52.8 Å². The van der Waals surface area contributed by atoms with E-state index in [0.29, 0.717) is 5.69 Å². The maximum Gasteiger partial charge on any atom is 0.339 e. The SMILES string of the molecule is COC(=O)c1ccc(C(=O)OC)c(NC(=O)c2ccc(C)nn2)c1. The van der Waals surface area contributed by atoms with E-state index < -0.39 is 17.8 Å². The van der Waals surface area contributed by atoms with Crippen molar-refractivity contribution in [2.75, 3.05) is 19.5 Å². The first-order chi connectivity index (χ1) is 11.5. The Morgan fingerprint density at radius 2 is 1.67 bits per heavy atom. The number of hydrogen-bond acceptors (Lipinski definition) is 7. The van der Waals surface area contributed by atoms with E-state index in [1.807, 2.05) is 0 Å². The molecule has 1 N–H and O–H groups in total. The topological polar surface area (TPSA) is 107 Å². The predicted molar refractivity (Wildman–Crippen MR) is 83.8 cm³/mol. The summed E-state index contributed by atoms with van der Waals surface area (Å²) in [6, 6.07) is 7.24. The average molecular weight is 329 g/mol. The highest BCUT2D eigenvalue weighted by molar-refractivity contribution is 6.08. The maximum absolute atomic E-state index is 12.3. The molecular weight excluding hydrogens is 314 g/mol. The number of aryl methyl sites for hydroxylation is 1. The molecule has 1 aromatic carbocycles. The monoisotopic (exact) mass is 329 g/mol. The first kappa shape index (κ1) is 17.1. The molecule has 0 aliphatic carbocycles. The van der Waals surface area contributed by atoms with Gasteiger partial charge in [-0.2, -0.15) is 5.10 Å². The van der Waals surface area contributed by atoms with Gasteiger partial charge in [-0.15, -0.1) is 5.10 Å². The summed E-state index contributed by atoms with van der Waals surface area (Å²) in [6.07, 6.45) is 0. The third-order valence-electron chi connectivity index (χ3n) is 3.12. The fourth-order valence-electron chi connectivity index (χ4n) is 1.89. The molecule has 0 atom stereocenters. The Balaban J connectivity index is 2.38. The second-order valence-corrected chi connectivity index (χ2v) is 4.76. The number of nitrogens with zero attached hydrogens (tertiary/aromatic N) is 2. The number of nitrogens with one attached hydrogen (secondary N) is 1. The molecule has 0 saturated carbocycles. The van der Waals surface area contributed by atoms with Crippen LogP contribution in [0.15, 0.2) is 30.3 Å².